The van der Waals surface area contributed by atoms with Crippen LogP contribution in [0.15, 0.2) is 141 Å². The topological polar surface area (TPSA) is 202 Å². The van der Waals surface area contributed by atoms with Gasteiger partial charge in [-0.2, -0.15) is 0 Å². The van der Waals surface area contributed by atoms with Gasteiger partial charge in [0.2, 0.25) is 11.9 Å². The quantitative estimate of drug-likeness (QED) is 0.0576. The van der Waals surface area contributed by atoms with Crippen molar-refractivity contribution in [2.24, 2.45) is 0 Å². The summed E-state index contributed by atoms with van der Waals surface area (Å²) in [5.41, 5.74) is 10.9. The Morgan fingerprint density at radius 1 is 0.881 bits per heavy atom. The van der Waals surface area contributed by atoms with Crippen LogP contribution in [0, 0.1) is 0 Å². The minimum Gasteiger partial charge on any atom is -0.478 e. The number of fused-ring (bicyclic) bond motifs is 2. The highest BCUT2D eigenvalue weighted by Gasteiger charge is 2.13. The van der Waals surface area contributed by atoms with Crippen molar-refractivity contribution in [2.75, 3.05) is 55.5 Å². The number of nitrogens with two attached hydrogens (primary N) is 1. The normalized spacial score (nSPS) is 10.5. The number of para-hydroxylation sites is 3. The summed E-state index contributed by atoms with van der Waals surface area (Å²) >= 11 is 6.37. The first kappa shape index (κ1) is 43.5. The van der Waals surface area contributed by atoms with Gasteiger partial charge in [0.15, 0.2) is 0 Å². The number of anilines is 5. The molecule has 5 aromatic carbocycles. The van der Waals surface area contributed by atoms with Crippen molar-refractivity contribution >= 4 is 94.2 Å². The van der Waals surface area contributed by atoms with Gasteiger partial charge in [0.05, 0.1) is 39.0 Å². The van der Waals surface area contributed by atoms with Gasteiger partial charge in [-0.3, -0.25) is 14.6 Å². The molecular formula is C43H41Br2N9O5. The summed E-state index contributed by atoms with van der Waals surface area (Å²) in [6, 6.07) is 32.0. The van der Waals surface area contributed by atoms with Crippen LogP contribution in [0.2, 0.25) is 0 Å². The molecule has 302 valence electrons. The number of aromatic carboxylic acids is 1. The fourth-order valence-electron chi connectivity index (χ4n) is 5.68. The average molecular weight is 924 g/mol. The van der Waals surface area contributed by atoms with E-state index < -0.39 is 11.7 Å². The standard InChI is InChI=1S/C28H30N6O.C8H5BrN2O2.C7H6BrNO2/c1-5-26(35)31-24-18-22(14-15-25(24)34(4)17-16-33(2)3)30-28-29-19-21-12-9-13-23(27(21)32-28)20-10-7-6-8-11-20;9-5-3-1-2-4-6(5)10-8(13)11-7(4)12;8-5-3-1-2-4(6(5)9)7(10)11/h5-15,18-19H,1,16-17H2,2-4H3,(H,31,35)(H,29,30,32);1-3H,(H2,10,11,12,13);1-3H,9H2,(H,10,11). The molecule has 7 N–H and O–H groups in total. The number of H-pyrrole nitrogens is 2. The van der Waals surface area contributed by atoms with Crippen molar-refractivity contribution in [1.29, 1.82) is 0 Å². The Kier molecular flexibility index (Phi) is 14.9. The van der Waals surface area contributed by atoms with E-state index in [-0.39, 0.29) is 22.7 Å². The molecule has 0 spiro atoms. The van der Waals surface area contributed by atoms with Crippen molar-refractivity contribution in [1.82, 2.24) is 24.8 Å². The molecule has 7 rings (SSSR count). The van der Waals surface area contributed by atoms with Gasteiger partial charge in [-0.05, 0) is 100 Å². The molecule has 0 fully saturated rings. The zero-order chi connectivity index (χ0) is 42.6. The molecule has 59 heavy (non-hydrogen) atoms. The Morgan fingerprint density at radius 3 is 2.29 bits per heavy atom. The zero-order valence-corrected chi connectivity index (χ0v) is 35.5. The smallest absolute Gasteiger partial charge is 0.337 e. The van der Waals surface area contributed by atoms with E-state index in [1.54, 1.807) is 30.3 Å². The summed E-state index contributed by atoms with van der Waals surface area (Å²) in [7, 11) is 6.08. The van der Waals surface area contributed by atoms with Crippen LogP contribution in [0.25, 0.3) is 32.9 Å². The molecule has 0 bridgehead atoms. The number of benzene rings is 5. The van der Waals surface area contributed by atoms with Gasteiger partial charge in [-0.25, -0.2) is 19.6 Å². The third-order valence-corrected chi connectivity index (χ3v) is 10.0. The summed E-state index contributed by atoms with van der Waals surface area (Å²) in [4.78, 5) is 63.0. The molecule has 0 radical (unpaired) electrons. The number of carbonyl (C=O) groups excluding carboxylic acids is 1. The van der Waals surface area contributed by atoms with E-state index in [4.69, 9.17) is 15.8 Å². The highest BCUT2D eigenvalue weighted by molar-refractivity contribution is 9.11. The predicted octanol–water partition coefficient (Wildman–Crippen LogP) is 7.87. The molecule has 0 aliphatic heterocycles. The van der Waals surface area contributed by atoms with Crippen LogP contribution in [-0.4, -0.2) is 76.1 Å². The third-order valence-electron chi connectivity index (χ3n) is 8.69. The molecular weight excluding hydrogens is 882 g/mol. The second-order valence-corrected chi connectivity index (χ2v) is 14.9. The molecule has 7 aromatic rings. The maximum atomic E-state index is 12.1. The lowest BCUT2D eigenvalue weighted by molar-refractivity contribution is -0.111. The van der Waals surface area contributed by atoms with E-state index in [1.165, 1.54) is 12.1 Å². The Balaban J connectivity index is 0.000000222. The van der Waals surface area contributed by atoms with Crippen molar-refractivity contribution in [3.8, 4) is 11.1 Å². The van der Waals surface area contributed by atoms with Gasteiger partial charge in [0, 0.05) is 51.9 Å². The van der Waals surface area contributed by atoms with Crippen LogP contribution in [0.4, 0.5) is 28.7 Å². The van der Waals surface area contributed by atoms with E-state index in [0.29, 0.717) is 31.5 Å². The van der Waals surface area contributed by atoms with E-state index in [2.05, 4.69) is 92.0 Å². The van der Waals surface area contributed by atoms with Gasteiger partial charge in [0.1, 0.15) is 0 Å². The van der Waals surface area contributed by atoms with Crippen molar-refractivity contribution < 1.29 is 14.7 Å². The number of halogens is 2. The lowest BCUT2D eigenvalue weighted by atomic mass is 10.0. The first-order chi connectivity index (χ1) is 28.2. The largest absolute Gasteiger partial charge is 0.478 e. The van der Waals surface area contributed by atoms with Crippen LogP contribution in [-0.2, 0) is 4.79 Å². The molecule has 0 unspecified atom stereocenters. The van der Waals surface area contributed by atoms with Gasteiger partial charge in [0.25, 0.3) is 5.56 Å². The predicted molar refractivity (Wildman–Crippen MR) is 244 cm³/mol. The number of carbonyl (C=O) groups is 2. The van der Waals surface area contributed by atoms with Crippen molar-refractivity contribution in [3.63, 3.8) is 0 Å². The number of carboxylic acid groups (broad SMARTS) is 1. The number of amides is 1. The maximum absolute atomic E-state index is 12.1. The zero-order valence-electron chi connectivity index (χ0n) is 32.3. The molecule has 0 aliphatic rings. The number of nitrogens with zero attached hydrogens (tertiary/aromatic N) is 4. The maximum Gasteiger partial charge on any atom is 0.337 e. The monoisotopic (exact) mass is 921 g/mol. The van der Waals surface area contributed by atoms with Gasteiger partial charge >= 0.3 is 11.7 Å². The molecule has 16 heteroatoms. The van der Waals surface area contributed by atoms with E-state index in [0.717, 1.165) is 46.5 Å². The number of nitrogens with one attached hydrogen (secondary N) is 4. The summed E-state index contributed by atoms with van der Waals surface area (Å²) in [5, 5.41) is 16.2. The Labute approximate surface area is 356 Å². The van der Waals surface area contributed by atoms with Crippen LogP contribution in [0.1, 0.15) is 10.4 Å². The number of carboxylic acids is 1. The first-order valence-electron chi connectivity index (χ1n) is 17.9. The van der Waals surface area contributed by atoms with E-state index in [9.17, 15) is 19.2 Å². The van der Waals surface area contributed by atoms with Gasteiger partial charge in [-0.15, -0.1) is 0 Å². The first-order valence-corrected chi connectivity index (χ1v) is 19.5. The number of rotatable bonds is 10. The molecule has 0 aliphatic carbocycles. The summed E-state index contributed by atoms with van der Waals surface area (Å²) in [6.45, 7) is 5.28. The lowest BCUT2D eigenvalue weighted by Crippen LogP contribution is -2.29. The molecule has 0 saturated carbocycles. The van der Waals surface area contributed by atoms with Gasteiger partial charge < -0.3 is 36.3 Å². The van der Waals surface area contributed by atoms with E-state index >= 15 is 0 Å². The Morgan fingerprint density at radius 2 is 1.59 bits per heavy atom. The number of aromatic amines is 2. The minimum absolute atomic E-state index is 0.124. The number of hydrogen-bond acceptors (Lipinski definition) is 10. The van der Waals surface area contributed by atoms with Gasteiger partial charge in [-0.1, -0.05) is 67.2 Å². The summed E-state index contributed by atoms with van der Waals surface area (Å²) in [5.74, 6) is -0.793. The number of nitrogen functional groups attached to an aromatic ring is 1. The van der Waals surface area contributed by atoms with Crippen LogP contribution < -0.4 is 32.5 Å². The Hall–Kier alpha value is -6.62. The lowest BCUT2D eigenvalue weighted by Gasteiger charge is -2.24. The highest BCUT2D eigenvalue weighted by atomic mass is 79.9. The second kappa shape index (κ2) is 20.2. The van der Waals surface area contributed by atoms with Crippen molar-refractivity contribution in [3.05, 3.63) is 157 Å². The number of likely N-dealkylation sites (N-methyl/N-ethyl adjacent to an activating group) is 2. The fourth-order valence-corrected chi connectivity index (χ4v) is 6.51. The number of hydrogen-bond donors (Lipinski definition) is 6. The minimum atomic E-state index is -1.01. The number of aromatic nitrogens is 4. The fraction of sp³-hybridized carbons (Fsp3) is 0.116. The molecule has 0 atom stereocenters. The molecule has 0 saturated heterocycles. The molecule has 2 aromatic heterocycles. The van der Waals surface area contributed by atoms with Crippen LogP contribution in [0.5, 0.6) is 0 Å². The van der Waals surface area contributed by atoms with Crippen molar-refractivity contribution in [2.45, 2.75) is 0 Å². The van der Waals surface area contributed by atoms with E-state index in [1.807, 2.05) is 75.9 Å². The van der Waals surface area contributed by atoms with Crippen LogP contribution in [0.3, 0.4) is 0 Å². The highest BCUT2D eigenvalue weighted by Crippen LogP contribution is 2.31. The molecule has 2 heterocycles. The summed E-state index contributed by atoms with van der Waals surface area (Å²) < 4.78 is 1.31. The summed E-state index contributed by atoms with van der Waals surface area (Å²) in [6.07, 6.45) is 3.09. The van der Waals surface area contributed by atoms with Crippen LogP contribution >= 0.6 is 31.9 Å². The molecule has 1 amide bonds. The Bertz CT molecular complexity index is 2740. The third kappa shape index (κ3) is 11.5. The molecule has 14 nitrogen and oxygen atoms in total. The SMILES string of the molecule is C=CC(=O)Nc1cc(Nc2ncc3cccc(-c4ccccc4)c3n2)ccc1N(C)CCN(C)C.Nc1c(Br)cccc1C(=O)O.O=c1[nH]c(=O)c2cccc(Br)c2[nH]1. The second-order valence-electron chi connectivity index (χ2n) is 13.2. The average Bonchev–Trinajstić information content (AvgIpc) is 3.22.